The lowest BCUT2D eigenvalue weighted by Gasteiger charge is -2.16. The number of aromatic nitrogens is 2. The van der Waals surface area contributed by atoms with Gasteiger partial charge in [-0.05, 0) is 44.4 Å². The lowest BCUT2D eigenvalue weighted by atomic mass is 10.1. The van der Waals surface area contributed by atoms with Crippen LogP contribution >= 0.6 is 11.6 Å². The van der Waals surface area contributed by atoms with Crippen LogP contribution in [-0.2, 0) is 20.9 Å². The minimum atomic E-state index is -0.574. The normalized spacial score (nSPS) is 12.4. The summed E-state index contributed by atoms with van der Waals surface area (Å²) in [5.74, 6) is -0.578. The number of benzene rings is 1. The largest absolute Gasteiger partial charge is 0.452 e. The van der Waals surface area contributed by atoms with Gasteiger partial charge < -0.3 is 10.1 Å². The smallest absolute Gasteiger partial charge is 0.331 e. The van der Waals surface area contributed by atoms with Gasteiger partial charge in [-0.3, -0.25) is 9.48 Å². The zero-order valence-electron chi connectivity index (χ0n) is 17.5. The Balaban J connectivity index is 1.98. The third kappa shape index (κ3) is 6.46. The van der Waals surface area contributed by atoms with Crippen molar-refractivity contribution in [2.24, 2.45) is 5.92 Å². The topological polar surface area (TPSA) is 73.2 Å². The van der Waals surface area contributed by atoms with Gasteiger partial charge in [-0.1, -0.05) is 43.6 Å². The van der Waals surface area contributed by atoms with E-state index in [0.717, 1.165) is 22.5 Å². The number of esters is 1. The fourth-order valence-corrected chi connectivity index (χ4v) is 2.89. The van der Waals surface area contributed by atoms with Gasteiger partial charge in [0.25, 0.3) is 5.91 Å². The van der Waals surface area contributed by atoms with E-state index in [1.807, 2.05) is 63.6 Å². The molecule has 0 fully saturated rings. The maximum Gasteiger partial charge on any atom is 0.331 e. The first-order valence-electron chi connectivity index (χ1n) is 9.60. The third-order valence-corrected chi connectivity index (χ3v) is 5.20. The molecule has 29 heavy (non-hydrogen) atoms. The van der Waals surface area contributed by atoms with Crippen molar-refractivity contribution in [2.45, 2.75) is 47.2 Å². The molecule has 0 aliphatic heterocycles. The summed E-state index contributed by atoms with van der Waals surface area (Å²) in [6, 6.07) is 7.64. The summed E-state index contributed by atoms with van der Waals surface area (Å²) in [7, 11) is 0. The third-order valence-electron chi connectivity index (χ3n) is 4.84. The van der Waals surface area contributed by atoms with Crippen molar-refractivity contribution in [1.82, 2.24) is 15.1 Å². The summed E-state index contributed by atoms with van der Waals surface area (Å²) in [6.07, 6.45) is 2.98. The Morgan fingerprint density at radius 2 is 1.93 bits per heavy atom. The Hall–Kier alpha value is -2.60. The van der Waals surface area contributed by atoms with E-state index in [-0.39, 0.29) is 18.6 Å². The van der Waals surface area contributed by atoms with Crippen LogP contribution in [0.1, 0.15) is 43.3 Å². The Morgan fingerprint density at radius 3 is 2.59 bits per heavy atom. The molecule has 1 aromatic carbocycles. The Bertz CT molecular complexity index is 903. The molecule has 0 saturated carbocycles. The second kappa shape index (κ2) is 10.3. The molecule has 0 spiro atoms. The number of ether oxygens (including phenoxy) is 1. The highest BCUT2D eigenvalue weighted by atomic mass is 35.5. The number of nitrogens with zero attached hydrogens (tertiary/aromatic N) is 2. The maximum atomic E-state index is 12.0. The molecule has 6 nitrogen and oxygen atoms in total. The van der Waals surface area contributed by atoms with Gasteiger partial charge in [-0.2, -0.15) is 5.10 Å². The summed E-state index contributed by atoms with van der Waals surface area (Å²) in [5, 5.41) is 8.02. The number of hydrogen-bond donors (Lipinski definition) is 1. The molecular formula is C22H28ClN3O3. The van der Waals surface area contributed by atoms with Crippen molar-refractivity contribution in [3.63, 3.8) is 0 Å². The molecule has 2 rings (SSSR count). The summed E-state index contributed by atoms with van der Waals surface area (Å²) >= 11 is 6.24. The van der Waals surface area contributed by atoms with Gasteiger partial charge >= 0.3 is 5.97 Å². The number of amides is 1. The summed E-state index contributed by atoms with van der Waals surface area (Å²) < 4.78 is 6.87. The van der Waals surface area contributed by atoms with Gasteiger partial charge in [0.1, 0.15) is 0 Å². The van der Waals surface area contributed by atoms with Crippen molar-refractivity contribution in [3.05, 3.63) is 57.9 Å². The number of halogens is 1. The van der Waals surface area contributed by atoms with Gasteiger partial charge in [0.2, 0.25) is 0 Å². The number of hydrogen-bond acceptors (Lipinski definition) is 4. The summed E-state index contributed by atoms with van der Waals surface area (Å²) in [5.41, 5.74) is 3.51. The standard InChI is InChI=1S/C22H28ClN3O3/c1-14(2)15(3)24-21(27)13-29-22(28)11-10-19-16(4)25-26(17(19)5)12-18-8-6-7-9-20(18)23/h6-11,14-15H,12-13H2,1-5H3,(H,24,27)/b11-10+/t15-/m1/s1. The molecule has 1 atom stereocenters. The average Bonchev–Trinajstić information content (AvgIpc) is 2.93. The number of aryl methyl sites for hydroxylation is 1. The van der Waals surface area contributed by atoms with E-state index in [4.69, 9.17) is 16.3 Å². The number of rotatable bonds is 8. The van der Waals surface area contributed by atoms with Gasteiger partial charge in [0.05, 0.1) is 12.2 Å². The van der Waals surface area contributed by atoms with Crippen LogP contribution in [0.5, 0.6) is 0 Å². The van der Waals surface area contributed by atoms with E-state index in [2.05, 4.69) is 10.4 Å². The van der Waals surface area contributed by atoms with Crippen molar-refractivity contribution in [1.29, 1.82) is 0 Å². The minimum Gasteiger partial charge on any atom is -0.452 e. The fraction of sp³-hybridized carbons (Fsp3) is 0.409. The van der Waals surface area contributed by atoms with Crippen LogP contribution in [-0.4, -0.2) is 34.3 Å². The molecule has 0 aliphatic rings. The Morgan fingerprint density at radius 1 is 1.24 bits per heavy atom. The predicted molar refractivity (Wildman–Crippen MR) is 115 cm³/mol. The second-order valence-corrected chi connectivity index (χ2v) is 7.78. The van der Waals surface area contributed by atoms with E-state index in [0.29, 0.717) is 17.5 Å². The van der Waals surface area contributed by atoms with Crippen molar-refractivity contribution >= 4 is 29.6 Å². The van der Waals surface area contributed by atoms with E-state index < -0.39 is 5.97 Å². The van der Waals surface area contributed by atoms with E-state index in [1.165, 1.54) is 6.08 Å². The first-order valence-corrected chi connectivity index (χ1v) is 9.98. The molecule has 0 unspecified atom stereocenters. The highest BCUT2D eigenvalue weighted by Crippen LogP contribution is 2.20. The average molecular weight is 418 g/mol. The highest BCUT2D eigenvalue weighted by molar-refractivity contribution is 6.31. The lowest BCUT2D eigenvalue weighted by molar-refractivity contribution is -0.144. The van der Waals surface area contributed by atoms with Gasteiger partial charge in [-0.25, -0.2) is 4.79 Å². The summed E-state index contributed by atoms with van der Waals surface area (Å²) in [4.78, 5) is 23.8. The zero-order chi connectivity index (χ0) is 21.6. The molecule has 1 aromatic heterocycles. The molecule has 1 heterocycles. The monoisotopic (exact) mass is 417 g/mol. The molecule has 1 N–H and O–H groups in total. The summed E-state index contributed by atoms with van der Waals surface area (Å²) in [6.45, 7) is 9.98. The van der Waals surface area contributed by atoms with E-state index in [9.17, 15) is 9.59 Å². The van der Waals surface area contributed by atoms with Crippen LogP contribution in [0.4, 0.5) is 0 Å². The molecule has 2 aromatic rings. The fourth-order valence-electron chi connectivity index (χ4n) is 2.69. The molecular weight excluding hydrogens is 390 g/mol. The zero-order valence-corrected chi connectivity index (χ0v) is 18.3. The van der Waals surface area contributed by atoms with Gasteiger partial charge in [-0.15, -0.1) is 0 Å². The quantitative estimate of drug-likeness (QED) is 0.522. The molecule has 7 heteroatoms. The van der Waals surface area contributed by atoms with Crippen molar-refractivity contribution < 1.29 is 14.3 Å². The van der Waals surface area contributed by atoms with Gasteiger partial charge in [0, 0.05) is 28.4 Å². The molecule has 0 aliphatic carbocycles. The maximum absolute atomic E-state index is 12.0. The molecule has 0 saturated heterocycles. The molecule has 1 amide bonds. The molecule has 0 bridgehead atoms. The Labute approximate surface area is 176 Å². The highest BCUT2D eigenvalue weighted by Gasteiger charge is 2.13. The van der Waals surface area contributed by atoms with Crippen LogP contribution < -0.4 is 5.32 Å². The Kier molecular flexibility index (Phi) is 8.02. The minimum absolute atomic E-state index is 0.0194. The van der Waals surface area contributed by atoms with Crippen LogP contribution in [0.25, 0.3) is 6.08 Å². The lowest BCUT2D eigenvalue weighted by Crippen LogP contribution is -2.38. The van der Waals surface area contributed by atoms with E-state index >= 15 is 0 Å². The van der Waals surface area contributed by atoms with Crippen LogP contribution in [0, 0.1) is 19.8 Å². The SMILES string of the molecule is Cc1nn(Cc2ccccc2Cl)c(C)c1/C=C/C(=O)OCC(=O)N[C@H](C)C(C)C. The van der Waals surface area contributed by atoms with Crippen molar-refractivity contribution in [3.8, 4) is 0 Å². The number of carbonyl (C=O) groups excluding carboxylic acids is 2. The van der Waals surface area contributed by atoms with E-state index in [1.54, 1.807) is 6.08 Å². The second-order valence-electron chi connectivity index (χ2n) is 7.37. The van der Waals surface area contributed by atoms with Crippen LogP contribution in [0.3, 0.4) is 0 Å². The predicted octanol–water partition coefficient (Wildman–Crippen LogP) is 3.92. The van der Waals surface area contributed by atoms with Crippen LogP contribution in [0.2, 0.25) is 5.02 Å². The molecule has 0 radical (unpaired) electrons. The van der Waals surface area contributed by atoms with Crippen LogP contribution in [0.15, 0.2) is 30.3 Å². The molecule has 156 valence electrons. The van der Waals surface area contributed by atoms with Gasteiger partial charge in [0.15, 0.2) is 6.61 Å². The number of carbonyl (C=O) groups is 2. The van der Waals surface area contributed by atoms with Crippen molar-refractivity contribution in [2.75, 3.05) is 6.61 Å². The first kappa shape index (κ1) is 22.7. The number of nitrogens with one attached hydrogen (secondary N) is 1. The first-order chi connectivity index (χ1) is 13.7.